The Labute approximate surface area is 259 Å². The van der Waals surface area contributed by atoms with E-state index in [0.29, 0.717) is 5.56 Å². The van der Waals surface area contributed by atoms with Gasteiger partial charge in [-0.2, -0.15) is 0 Å². The summed E-state index contributed by atoms with van der Waals surface area (Å²) in [5, 5.41) is 24.9. The van der Waals surface area contributed by atoms with Crippen LogP contribution in [0.15, 0.2) is 64.5 Å². The zero-order chi connectivity index (χ0) is 33.4. The lowest BCUT2D eigenvalue weighted by Crippen LogP contribution is -2.54. The van der Waals surface area contributed by atoms with E-state index in [1.807, 2.05) is 0 Å². The van der Waals surface area contributed by atoms with Gasteiger partial charge in [0.1, 0.15) is 25.2 Å². The van der Waals surface area contributed by atoms with Crippen molar-refractivity contribution in [1.29, 1.82) is 0 Å². The fraction of sp³-hybridized carbons (Fsp3) is 0.357. The maximum atomic E-state index is 13.1. The van der Waals surface area contributed by atoms with Crippen LogP contribution in [0.25, 0.3) is 0 Å². The van der Waals surface area contributed by atoms with Crippen molar-refractivity contribution in [2.45, 2.75) is 56.2 Å². The number of nitrogens with one attached hydrogen (secondary N) is 4. The van der Waals surface area contributed by atoms with E-state index in [-0.39, 0.29) is 37.3 Å². The van der Waals surface area contributed by atoms with Crippen molar-refractivity contribution in [3.8, 4) is 0 Å². The van der Waals surface area contributed by atoms with Crippen LogP contribution < -0.4 is 26.4 Å². The molecule has 16 nitrogen and oxygen atoms in total. The number of carbonyl (C=O) groups excluding carboxylic acids is 3. The summed E-state index contributed by atoms with van der Waals surface area (Å²) in [6.07, 6.45) is -1.88. The molecule has 0 aliphatic heterocycles. The summed E-state index contributed by atoms with van der Waals surface area (Å²) in [6, 6.07) is 11.9. The maximum Gasteiger partial charge on any atom is 0.408 e. The van der Waals surface area contributed by atoms with Crippen LogP contribution in [0.1, 0.15) is 36.8 Å². The average Bonchev–Trinajstić information content (AvgIpc) is 2.98. The summed E-state index contributed by atoms with van der Waals surface area (Å²) in [4.78, 5) is 64.2. The second kappa shape index (κ2) is 17.8. The number of alkyl carbamates (subject to hydrolysis) is 1. The van der Waals surface area contributed by atoms with E-state index >= 15 is 0 Å². The second-order valence-corrected chi connectivity index (χ2v) is 11.4. The monoisotopic (exact) mass is 648 g/mol. The number of nitrogens with zero attached hydrogens (tertiary/aromatic N) is 1. The molecule has 0 aliphatic carbocycles. The number of rotatable bonds is 17. The van der Waals surface area contributed by atoms with Gasteiger partial charge in [-0.25, -0.2) is 17.9 Å². The van der Waals surface area contributed by atoms with Gasteiger partial charge in [-0.3, -0.25) is 24.2 Å². The van der Waals surface area contributed by atoms with Crippen LogP contribution >= 0.6 is 0 Å². The molecule has 0 fully saturated rings. The number of guanidine groups is 1. The molecule has 2 unspecified atom stereocenters. The van der Waals surface area contributed by atoms with Gasteiger partial charge in [-0.1, -0.05) is 48.0 Å². The van der Waals surface area contributed by atoms with Crippen LogP contribution in [0.3, 0.4) is 0 Å². The highest BCUT2D eigenvalue weighted by molar-refractivity contribution is 7.90. The quantitative estimate of drug-likeness (QED) is 0.0693. The number of sulfonamides is 1. The Morgan fingerprint density at radius 2 is 1.53 bits per heavy atom. The van der Waals surface area contributed by atoms with Crippen molar-refractivity contribution in [3.63, 3.8) is 0 Å². The van der Waals surface area contributed by atoms with Crippen molar-refractivity contribution in [3.05, 3.63) is 65.7 Å². The first-order valence-electron chi connectivity index (χ1n) is 13.6. The van der Waals surface area contributed by atoms with Gasteiger partial charge in [-0.15, -0.1) is 0 Å². The minimum Gasteiger partial charge on any atom is -0.481 e. The summed E-state index contributed by atoms with van der Waals surface area (Å²) in [7, 11) is -3.99. The van der Waals surface area contributed by atoms with E-state index in [0.717, 1.165) is 5.56 Å². The predicted octanol–water partition coefficient (Wildman–Crippen LogP) is 0.214. The minimum atomic E-state index is -3.99. The van der Waals surface area contributed by atoms with Crippen LogP contribution in [0.2, 0.25) is 0 Å². The highest BCUT2D eigenvalue weighted by Gasteiger charge is 2.28. The third-order valence-corrected chi connectivity index (χ3v) is 7.39. The third-order valence-electron chi connectivity index (χ3n) is 6.02. The van der Waals surface area contributed by atoms with Gasteiger partial charge in [0, 0.05) is 13.0 Å². The third kappa shape index (κ3) is 13.8. The molecule has 0 spiro atoms. The smallest absolute Gasteiger partial charge is 0.408 e. The number of nitrogens with two attached hydrogens (primary N) is 1. The molecule has 2 rings (SSSR count). The van der Waals surface area contributed by atoms with Gasteiger partial charge in [0.25, 0.3) is 10.0 Å². The number of carbonyl (C=O) groups is 5. The van der Waals surface area contributed by atoms with E-state index < -0.39 is 70.9 Å². The Bertz CT molecular complexity index is 1470. The van der Waals surface area contributed by atoms with E-state index in [9.17, 15) is 32.4 Å². The largest absolute Gasteiger partial charge is 0.481 e. The SMILES string of the molecule is Cc1ccc(S(=O)(=O)NC(N)=NCCCC(NC(=O)C(CCC(=O)O)NC(=O)OCc2ccccc2)C(=O)NCC(=O)O)cc1. The summed E-state index contributed by atoms with van der Waals surface area (Å²) >= 11 is 0. The number of hydrogen-bond donors (Lipinski definition) is 7. The zero-order valence-corrected chi connectivity index (χ0v) is 25.2. The number of aliphatic carboxylic acids is 2. The fourth-order valence-electron chi connectivity index (χ4n) is 3.71. The van der Waals surface area contributed by atoms with Crippen LogP contribution in [-0.4, -0.2) is 79.6 Å². The van der Waals surface area contributed by atoms with Gasteiger partial charge < -0.3 is 36.6 Å². The molecule has 0 radical (unpaired) electrons. The van der Waals surface area contributed by atoms with Gasteiger partial charge in [0.2, 0.25) is 17.8 Å². The van der Waals surface area contributed by atoms with Crippen LogP contribution in [0.5, 0.6) is 0 Å². The molecular formula is C28H36N6O10S. The summed E-state index contributed by atoms with van der Waals surface area (Å²) in [6.45, 7) is 0.840. The topological polar surface area (TPSA) is 256 Å². The molecule has 8 N–H and O–H groups in total. The van der Waals surface area contributed by atoms with E-state index in [4.69, 9.17) is 20.7 Å². The summed E-state index contributed by atoms with van der Waals surface area (Å²) in [5.74, 6) is -4.78. The first-order valence-corrected chi connectivity index (χ1v) is 15.1. The molecule has 17 heteroatoms. The first-order chi connectivity index (χ1) is 21.3. The molecule has 0 saturated heterocycles. The Kier molecular flexibility index (Phi) is 14.3. The molecule has 2 aromatic rings. The molecule has 2 atom stereocenters. The fourth-order valence-corrected chi connectivity index (χ4v) is 4.66. The number of aryl methyl sites for hydroxylation is 1. The van der Waals surface area contributed by atoms with E-state index in [2.05, 4.69) is 25.7 Å². The normalized spacial score (nSPS) is 12.7. The van der Waals surface area contributed by atoms with Crippen LogP contribution in [-0.2, 0) is 40.5 Å². The molecule has 3 amide bonds. The standard InChI is InChI=1S/C28H36N6O10S/c1-18-9-11-20(12-10-18)45(42,43)34-27(29)30-15-5-8-21(25(39)31-16-24(37)38)32-26(40)22(13-14-23(35)36)33-28(41)44-17-19-6-3-2-4-7-19/h2-4,6-7,9-12,21-22H,5,8,13-17H2,1H3,(H,31,39)(H,32,40)(H,33,41)(H,35,36)(H,37,38)(H3,29,30,34). The molecule has 244 valence electrons. The van der Waals surface area contributed by atoms with Crippen molar-refractivity contribution < 1.29 is 47.3 Å². The highest BCUT2D eigenvalue weighted by atomic mass is 32.2. The Morgan fingerprint density at radius 3 is 2.16 bits per heavy atom. The lowest BCUT2D eigenvalue weighted by Gasteiger charge is -2.22. The van der Waals surface area contributed by atoms with Crippen molar-refractivity contribution in [1.82, 2.24) is 20.7 Å². The molecule has 2 aromatic carbocycles. The van der Waals surface area contributed by atoms with Crippen LogP contribution in [0, 0.1) is 6.92 Å². The van der Waals surface area contributed by atoms with Gasteiger partial charge >= 0.3 is 18.0 Å². The van der Waals surface area contributed by atoms with Crippen molar-refractivity contribution >= 4 is 45.8 Å². The molecule has 0 heterocycles. The molecule has 0 aliphatic rings. The molecule has 45 heavy (non-hydrogen) atoms. The second-order valence-electron chi connectivity index (χ2n) is 9.69. The Balaban J connectivity index is 2.05. The molecule has 0 saturated carbocycles. The number of ether oxygens (including phenoxy) is 1. The lowest BCUT2D eigenvalue weighted by atomic mass is 10.1. The predicted molar refractivity (Wildman–Crippen MR) is 160 cm³/mol. The molecular weight excluding hydrogens is 612 g/mol. The maximum absolute atomic E-state index is 13.1. The van der Waals surface area contributed by atoms with E-state index in [1.54, 1.807) is 49.4 Å². The number of carboxylic acids is 2. The molecule has 0 bridgehead atoms. The summed E-state index contributed by atoms with van der Waals surface area (Å²) < 4.78 is 32.2. The molecule has 0 aromatic heterocycles. The van der Waals surface area contributed by atoms with Gasteiger partial charge in [-0.05, 0) is 43.9 Å². The first kappa shape index (κ1) is 36.0. The van der Waals surface area contributed by atoms with Gasteiger partial charge in [0.05, 0.1) is 4.90 Å². The summed E-state index contributed by atoms with van der Waals surface area (Å²) in [5.41, 5.74) is 7.24. The Hall–Kier alpha value is -5.19. The highest BCUT2D eigenvalue weighted by Crippen LogP contribution is 2.10. The van der Waals surface area contributed by atoms with Crippen molar-refractivity contribution in [2.24, 2.45) is 10.7 Å². The van der Waals surface area contributed by atoms with Crippen LogP contribution in [0.4, 0.5) is 4.79 Å². The zero-order valence-electron chi connectivity index (χ0n) is 24.4. The number of carboxylic acid groups (broad SMARTS) is 2. The Morgan fingerprint density at radius 1 is 0.889 bits per heavy atom. The lowest BCUT2D eigenvalue weighted by molar-refractivity contribution is -0.138. The van der Waals surface area contributed by atoms with E-state index in [1.165, 1.54) is 12.1 Å². The number of amides is 3. The number of hydrogen-bond acceptors (Lipinski definition) is 9. The average molecular weight is 649 g/mol. The number of benzene rings is 2. The number of aliphatic imine (C=N–C) groups is 1. The van der Waals surface area contributed by atoms with Gasteiger partial charge in [0.15, 0.2) is 0 Å². The minimum absolute atomic E-state index is 0.0286. The van der Waals surface area contributed by atoms with Crippen molar-refractivity contribution in [2.75, 3.05) is 13.1 Å².